The quantitative estimate of drug-likeness (QED) is 0.541. The van der Waals surface area contributed by atoms with Crippen molar-refractivity contribution >= 4 is 17.1 Å². The van der Waals surface area contributed by atoms with Gasteiger partial charge in [-0.3, -0.25) is 0 Å². The number of anilines is 1. The molecule has 0 radical (unpaired) electrons. The lowest BCUT2D eigenvalue weighted by molar-refractivity contribution is 0.627. The molecular weight excluding hydrogens is 311 g/mol. The van der Waals surface area contributed by atoms with Gasteiger partial charge in [-0.2, -0.15) is 0 Å². The summed E-state index contributed by atoms with van der Waals surface area (Å²) < 4.78 is 13.4. The van der Waals surface area contributed by atoms with E-state index in [2.05, 4.69) is 19.9 Å². The van der Waals surface area contributed by atoms with E-state index < -0.39 is 0 Å². The van der Waals surface area contributed by atoms with Crippen molar-refractivity contribution in [2.24, 2.45) is 4.99 Å². The van der Waals surface area contributed by atoms with Crippen molar-refractivity contribution < 1.29 is 4.39 Å². The van der Waals surface area contributed by atoms with Crippen molar-refractivity contribution in [2.75, 3.05) is 5.73 Å². The average molecular weight is 336 g/mol. The molecule has 0 fully saturated rings. The lowest BCUT2D eigenvalue weighted by Crippen LogP contribution is -2.11. The van der Waals surface area contributed by atoms with Crippen LogP contribution in [0.15, 0.2) is 58.6 Å². The van der Waals surface area contributed by atoms with Crippen LogP contribution in [-0.2, 0) is 6.42 Å². The van der Waals surface area contributed by atoms with Gasteiger partial charge in [-0.15, -0.1) is 0 Å². The van der Waals surface area contributed by atoms with E-state index in [0.717, 1.165) is 47.5 Å². The Bertz CT molecular complexity index is 816. The highest BCUT2D eigenvalue weighted by Gasteiger charge is 2.17. The Kier molecular flexibility index (Phi) is 5.32. The van der Waals surface area contributed by atoms with Gasteiger partial charge in [-0.1, -0.05) is 12.5 Å². The second kappa shape index (κ2) is 7.64. The van der Waals surface area contributed by atoms with Crippen molar-refractivity contribution in [3.8, 4) is 0 Å². The fourth-order valence-electron chi connectivity index (χ4n) is 3.39. The number of benzene rings is 2. The van der Waals surface area contributed by atoms with E-state index in [0.29, 0.717) is 0 Å². The smallest absolute Gasteiger partial charge is 0.123 e. The largest absolute Gasteiger partial charge is 0.399 e. The number of nitrogens with two attached hydrogens (primary N) is 1. The third-order valence-corrected chi connectivity index (χ3v) is 4.90. The summed E-state index contributed by atoms with van der Waals surface area (Å²) in [7, 11) is 0. The molecule has 1 aliphatic carbocycles. The Labute approximate surface area is 149 Å². The van der Waals surface area contributed by atoms with E-state index in [1.807, 2.05) is 24.3 Å². The SMILES string of the molecule is CCc1cc(/N=C(\C2=C(C)CCCC2)c2ccc(F)cc2)ccc1N. The molecule has 3 heteroatoms. The van der Waals surface area contributed by atoms with Crippen LogP contribution in [0, 0.1) is 5.82 Å². The Morgan fingerprint density at radius 3 is 2.48 bits per heavy atom. The number of hydrogen-bond acceptors (Lipinski definition) is 2. The van der Waals surface area contributed by atoms with Gasteiger partial charge in [-0.25, -0.2) is 9.38 Å². The molecule has 0 bridgehead atoms. The first-order valence-electron chi connectivity index (χ1n) is 9.00. The lowest BCUT2D eigenvalue weighted by Gasteiger charge is -2.20. The Morgan fingerprint density at radius 2 is 1.80 bits per heavy atom. The van der Waals surface area contributed by atoms with Crippen LogP contribution in [-0.4, -0.2) is 5.71 Å². The van der Waals surface area contributed by atoms with E-state index in [4.69, 9.17) is 10.7 Å². The van der Waals surface area contributed by atoms with Gasteiger partial charge >= 0.3 is 0 Å². The summed E-state index contributed by atoms with van der Waals surface area (Å²) in [5, 5.41) is 0. The Morgan fingerprint density at radius 1 is 1.08 bits per heavy atom. The van der Waals surface area contributed by atoms with Crippen molar-refractivity contribution in [1.29, 1.82) is 0 Å². The zero-order chi connectivity index (χ0) is 17.8. The third-order valence-electron chi connectivity index (χ3n) is 4.90. The van der Waals surface area contributed by atoms with Gasteiger partial charge in [0.2, 0.25) is 0 Å². The summed E-state index contributed by atoms with van der Waals surface area (Å²) >= 11 is 0. The normalized spacial score (nSPS) is 15.6. The van der Waals surface area contributed by atoms with Gasteiger partial charge in [-0.05, 0) is 92.6 Å². The topological polar surface area (TPSA) is 38.4 Å². The zero-order valence-corrected chi connectivity index (χ0v) is 15.0. The van der Waals surface area contributed by atoms with Crippen LogP contribution in [0.2, 0.25) is 0 Å². The van der Waals surface area contributed by atoms with Gasteiger partial charge < -0.3 is 5.73 Å². The second-order valence-electron chi connectivity index (χ2n) is 6.67. The minimum Gasteiger partial charge on any atom is -0.399 e. The summed E-state index contributed by atoms with van der Waals surface area (Å²) in [6, 6.07) is 12.6. The molecule has 0 amide bonds. The maximum absolute atomic E-state index is 13.4. The number of rotatable bonds is 4. The Hall–Kier alpha value is -2.42. The maximum atomic E-state index is 13.4. The number of allylic oxidation sites excluding steroid dienone is 2. The molecule has 0 saturated carbocycles. The molecule has 0 aromatic heterocycles. The lowest BCUT2D eigenvalue weighted by atomic mass is 9.87. The van der Waals surface area contributed by atoms with Gasteiger partial charge in [0.05, 0.1) is 11.4 Å². The molecule has 0 spiro atoms. The number of aliphatic imine (C=N–C) groups is 1. The molecule has 0 aliphatic heterocycles. The highest BCUT2D eigenvalue weighted by molar-refractivity contribution is 6.14. The third kappa shape index (κ3) is 3.98. The van der Waals surface area contributed by atoms with E-state index in [1.54, 1.807) is 0 Å². The average Bonchev–Trinajstić information content (AvgIpc) is 2.62. The van der Waals surface area contributed by atoms with Gasteiger partial charge in [0.15, 0.2) is 0 Å². The van der Waals surface area contributed by atoms with Gasteiger partial charge in [0.1, 0.15) is 5.82 Å². The molecule has 2 aromatic carbocycles. The summed E-state index contributed by atoms with van der Waals surface area (Å²) in [6.07, 6.45) is 5.42. The van der Waals surface area contributed by atoms with Crippen molar-refractivity contribution in [3.05, 3.63) is 70.6 Å². The molecule has 2 N–H and O–H groups in total. The zero-order valence-electron chi connectivity index (χ0n) is 15.0. The minimum atomic E-state index is -0.224. The molecule has 1 aliphatic rings. The molecule has 0 unspecified atom stereocenters. The van der Waals surface area contributed by atoms with E-state index in [9.17, 15) is 4.39 Å². The van der Waals surface area contributed by atoms with Crippen LogP contribution in [0.3, 0.4) is 0 Å². The van der Waals surface area contributed by atoms with Crippen molar-refractivity contribution in [3.63, 3.8) is 0 Å². The molecule has 3 rings (SSSR count). The number of hydrogen-bond donors (Lipinski definition) is 1. The van der Waals surface area contributed by atoms with Crippen molar-refractivity contribution in [2.45, 2.75) is 46.0 Å². The molecular formula is C22H25FN2. The summed E-state index contributed by atoms with van der Waals surface area (Å²) in [5.74, 6) is -0.224. The van der Waals surface area contributed by atoms with Crippen LogP contribution >= 0.6 is 0 Å². The highest BCUT2D eigenvalue weighted by Crippen LogP contribution is 2.30. The van der Waals surface area contributed by atoms with Crippen LogP contribution in [0.4, 0.5) is 15.8 Å². The number of halogens is 1. The number of nitrogen functional groups attached to an aromatic ring is 1. The molecule has 2 nitrogen and oxygen atoms in total. The van der Waals surface area contributed by atoms with Crippen molar-refractivity contribution in [1.82, 2.24) is 0 Å². The number of aryl methyl sites for hydroxylation is 1. The summed E-state index contributed by atoms with van der Waals surface area (Å²) in [5.41, 5.74) is 13.4. The molecule has 0 saturated heterocycles. The monoisotopic (exact) mass is 336 g/mol. The fourth-order valence-corrected chi connectivity index (χ4v) is 3.39. The summed E-state index contributed by atoms with van der Waals surface area (Å²) in [6.45, 7) is 4.28. The minimum absolute atomic E-state index is 0.224. The first kappa shape index (κ1) is 17.4. The van der Waals surface area contributed by atoms with Crippen LogP contribution in [0.1, 0.15) is 50.7 Å². The molecule has 130 valence electrons. The molecule has 0 atom stereocenters. The maximum Gasteiger partial charge on any atom is 0.123 e. The predicted molar refractivity (Wildman–Crippen MR) is 104 cm³/mol. The molecule has 25 heavy (non-hydrogen) atoms. The number of nitrogens with zero attached hydrogens (tertiary/aromatic N) is 1. The van der Waals surface area contributed by atoms with E-state index >= 15 is 0 Å². The van der Waals surface area contributed by atoms with Crippen LogP contribution in [0.5, 0.6) is 0 Å². The van der Waals surface area contributed by atoms with Gasteiger partial charge in [0.25, 0.3) is 0 Å². The van der Waals surface area contributed by atoms with Crippen LogP contribution < -0.4 is 5.73 Å². The first-order chi connectivity index (χ1) is 12.1. The summed E-state index contributed by atoms with van der Waals surface area (Å²) in [4.78, 5) is 4.96. The van der Waals surface area contributed by atoms with Crippen LogP contribution in [0.25, 0.3) is 0 Å². The first-order valence-corrected chi connectivity index (χ1v) is 9.00. The molecule has 0 heterocycles. The highest BCUT2D eigenvalue weighted by atomic mass is 19.1. The van der Waals surface area contributed by atoms with E-state index in [-0.39, 0.29) is 5.82 Å². The predicted octanol–water partition coefficient (Wildman–Crippen LogP) is 5.98. The van der Waals surface area contributed by atoms with Gasteiger partial charge in [0, 0.05) is 11.3 Å². The Balaban J connectivity index is 2.12. The second-order valence-corrected chi connectivity index (χ2v) is 6.67. The molecule has 2 aromatic rings. The van der Waals surface area contributed by atoms with E-state index in [1.165, 1.54) is 36.1 Å². The fraction of sp³-hybridized carbons (Fsp3) is 0.318. The standard InChI is InChI=1S/C22H25FN2/c1-3-16-14-19(12-13-21(16)24)25-22(17-8-10-18(23)11-9-17)20-7-5-4-6-15(20)2/h8-14H,3-7,24H2,1-2H3/b25-22-.